The highest BCUT2D eigenvalue weighted by molar-refractivity contribution is 7.13. The first-order chi connectivity index (χ1) is 11.0. The Morgan fingerprint density at radius 1 is 1.22 bits per heavy atom. The molecule has 0 saturated heterocycles. The van der Waals surface area contributed by atoms with Crippen molar-refractivity contribution < 1.29 is 4.79 Å². The fourth-order valence-corrected chi connectivity index (χ4v) is 2.93. The third-order valence-electron chi connectivity index (χ3n) is 3.84. The summed E-state index contributed by atoms with van der Waals surface area (Å²) in [5.74, 6) is 2.35. The van der Waals surface area contributed by atoms with Gasteiger partial charge in [-0.05, 0) is 29.9 Å². The van der Waals surface area contributed by atoms with Gasteiger partial charge in [-0.2, -0.15) is 0 Å². The van der Waals surface area contributed by atoms with Gasteiger partial charge in [0.1, 0.15) is 11.3 Å². The van der Waals surface area contributed by atoms with Gasteiger partial charge in [0, 0.05) is 12.7 Å². The standard InChI is InChI=1S/C16H23N5OS/c1-10(2)13(11(3)4)8-18-14-6-5-12(7-17-14)15(22)20-16-21-19-9-23-16/h5-7,9-11,13H,8H2,1-4H3,(H,17,18)(H,20,21,22). The van der Waals surface area contributed by atoms with Gasteiger partial charge in [0.05, 0.1) is 5.56 Å². The molecule has 0 aliphatic carbocycles. The van der Waals surface area contributed by atoms with Gasteiger partial charge in [0.15, 0.2) is 0 Å². The summed E-state index contributed by atoms with van der Waals surface area (Å²) in [6.07, 6.45) is 1.57. The number of aromatic nitrogens is 3. The molecule has 2 N–H and O–H groups in total. The van der Waals surface area contributed by atoms with Crippen molar-refractivity contribution in [3.63, 3.8) is 0 Å². The smallest absolute Gasteiger partial charge is 0.259 e. The van der Waals surface area contributed by atoms with Gasteiger partial charge in [0.2, 0.25) is 5.13 Å². The number of nitrogens with zero attached hydrogens (tertiary/aromatic N) is 3. The first-order valence-corrected chi connectivity index (χ1v) is 8.62. The highest BCUT2D eigenvalue weighted by atomic mass is 32.1. The first kappa shape index (κ1) is 17.3. The molecule has 0 radical (unpaired) electrons. The normalized spacial score (nSPS) is 11.3. The maximum atomic E-state index is 12.0. The SMILES string of the molecule is CC(C)C(CNc1ccc(C(=O)Nc2nncs2)cn1)C(C)C. The van der Waals surface area contributed by atoms with E-state index in [-0.39, 0.29) is 5.91 Å². The Bertz CT molecular complexity index is 602. The van der Waals surface area contributed by atoms with Crippen LogP contribution in [-0.2, 0) is 0 Å². The lowest BCUT2D eigenvalue weighted by atomic mass is 9.85. The molecule has 2 aromatic heterocycles. The summed E-state index contributed by atoms with van der Waals surface area (Å²) in [6, 6.07) is 3.58. The third kappa shape index (κ3) is 4.99. The van der Waals surface area contributed by atoms with E-state index < -0.39 is 0 Å². The molecular weight excluding hydrogens is 310 g/mol. The van der Waals surface area contributed by atoms with Crippen LogP contribution in [0.1, 0.15) is 38.1 Å². The Labute approximate surface area is 140 Å². The Balaban J connectivity index is 1.92. The van der Waals surface area contributed by atoms with Crippen molar-refractivity contribution in [3.05, 3.63) is 29.4 Å². The lowest BCUT2D eigenvalue weighted by Crippen LogP contribution is -2.24. The molecule has 0 fully saturated rings. The molecule has 0 aliphatic rings. The van der Waals surface area contributed by atoms with Gasteiger partial charge in [-0.1, -0.05) is 39.0 Å². The zero-order chi connectivity index (χ0) is 16.8. The average Bonchev–Trinajstić information content (AvgIpc) is 3.00. The minimum atomic E-state index is -0.233. The quantitative estimate of drug-likeness (QED) is 0.810. The number of carbonyl (C=O) groups is 1. The number of pyridine rings is 1. The van der Waals surface area contributed by atoms with E-state index in [1.807, 2.05) is 6.07 Å². The van der Waals surface area contributed by atoms with Gasteiger partial charge < -0.3 is 5.32 Å². The van der Waals surface area contributed by atoms with Crippen molar-refractivity contribution in [2.24, 2.45) is 17.8 Å². The van der Waals surface area contributed by atoms with Gasteiger partial charge in [-0.25, -0.2) is 4.98 Å². The van der Waals surface area contributed by atoms with E-state index in [0.29, 0.717) is 28.4 Å². The number of hydrogen-bond donors (Lipinski definition) is 2. The van der Waals surface area contributed by atoms with Gasteiger partial charge in [-0.15, -0.1) is 10.2 Å². The summed E-state index contributed by atoms with van der Waals surface area (Å²) in [5, 5.41) is 14.0. The second kappa shape index (κ2) is 8.01. The van der Waals surface area contributed by atoms with Gasteiger partial charge in [-0.3, -0.25) is 10.1 Å². The number of amides is 1. The monoisotopic (exact) mass is 333 g/mol. The van der Waals surface area contributed by atoms with Crippen LogP contribution in [0.2, 0.25) is 0 Å². The fourth-order valence-electron chi connectivity index (χ4n) is 2.49. The number of rotatable bonds is 7. The van der Waals surface area contributed by atoms with Crippen LogP contribution in [0.3, 0.4) is 0 Å². The van der Waals surface area contributed by atoms with Crippen molar-refractivity contribution >= 4 is 28.2 Å². The van der Waals surface area contributed by atoms with E-state index in [0.717, 1.165) is 12.4 Å². The molecule has 2 rings (SSSR count). The van der Waals surface area contributed by atoms with Crippen molar-refractivity contribution in [2.45, 2.75) is 27.7 Å². The largest absolute Gasteiger partial charge is 0.370 e. The molecule has 7 heteroatoms. The van der Waals surface area contributed by atoms with E-state index in [1.54, 1.807) is 17.8 Å². The topological polar surface area (TPSA) is 79.8 Å². The highest BCUT2D eigenvalue weighted by Crippen LogP contribution is 2.21. The maximum Gasteiger partial charge on any atom is 0.259 e. The lowest BCUT2D eigenvalue weighted by Gasteiger charge is -2.25. The zero-order valence-corrected chi connectivity index (χ0v) is 14.7. The Hall–Kier alpha value is -2.02. The molecule has 0 atom stereocenters. The molecule has 0 aliphatic heterocycles. The van der Waals surface area contributed by atoms with Crippen LogP contribution in [0.25, 0.3) is 0 Å². The molecule has 23 heavy (non-hydrogen) atoms. The predicted octanol–water partition coefficient (Wildman–Crippen LogP) is 3.53. The number of hydrogen-bond acceptors (Lipinski definition) is 6. The molecule has 0 bridgehead atoms. The van der Waals surface area contributed by atoms with Gasteiger partial charge >= 0.3 is 0 Å². The molecule has 0 saturated carbocycles. The minimum Gasteiger partial charge on any atom is -0.370 e. The van der Waals surface area contributed by atoms with Crippen LogP contribution in [0, 0.1) is 17.8 Å². The highest BCUT2D eigenvalue weighted by Gasteiger charge is 2.17. The lowest BCUT2D eigenvalue weighted by molar-refractivity contribution is 0.102. The predicted molar refractivity (Wildman–Crippen MR) is 93.8 cm³/mol. The van der Waals surface area contributed by atoms with E-state index in [4.69, 9.17) is 0 Å². The second-order valence-electron chi connectivity index (χ2n) is 6.16. The van der Waals surface area contributed by atoms with Crippen molar-refractivity contribution in [1.82, 2.24) is 15.2 Å². The molecule has 0 unspecified atom stereocenters. The van der Waals surface area contributed by atoms with Crippen LogP contribution in [-0.4, -0.2) is 27.6 Å². The average molecular weight is 333 g/mol. The zero-order valence-electron chi connectivity index (χ0n) is 13.9. The summed E-state index contributed by atoms with van der Waals surface area (Å²) in [7, 11) is 0. The minimum absolute atomic E-state index is 0.233. The van der Waals surface area contributed by atoms with Crippen LogP contribution < -0.4 is 10.6 Å². The summed E-state index contributed by atoms with van der Waals surface area (Å²) in [4.78, 5) is 16.4. The summed E-state index contributed by atoms with van der Waals surface area (Å²) in [6.45, 7) is 9.82. The molecule has 124 valence electrons. The first-order valence-electron chi connectivity index (χ1n) is 7.74. The van der Waals surface area contributed by atoms with Crippen LogP contribution in [0.4, 0.5) is 10.9 Å². The second-order valence-corrected chi connectivity index (χ2v) is 7.00. The van der Waals surface area contributed by atoms with Crippen molar-refractivity contribution in [3.8, 4) is 0 Å². The molecule has 0 aromatic carbocycles. The van der Waals surface area contributed by atoms with Crippen molar-refractivity contribution in [2.75, 3.05) is 17.2 Å². The summed E-state index contributed by atoms with van der Waals surface area (Å²) < 4.78 is 0. The molecule has 0 spiro atoms. The number of carbonyl (C=O) groups excluding carboxylic acids is 1. The maximum absolute atomic E-state index is 12.0. The summed E-state index contributed by atoms with van der Waals surface area (Å²) in [5.41, 5.74) is 2.07. The third-order valence-corrected chi connectivity index (χ3v) is 4.44. The Kier molecular flexibility index (Phi) is 6.04. The molecule has 2 aromatic rings. The van der Waals surface area contributed by atoms with E-state index >= 15 is 0 Å². The fraction of sp³-hybridized carbons (Fsp3) is 0.500. The van der Waals surface area contributed by atoms with Crippen LogP contribution in [0.15, 0.2) is 23.8 Å². The summed E-state index contributed by atoms with van der Waals surface area (Å²) >= 11 is 1.28. The van der Waals surface area contributed by atoms with Gasteiger partial charge in [0.25, 0.3) is 5.91 Å². The Morgan fingerprint density at radius 3 is 2.48 bits per heavy atom. The number of anilines is 2. The number of nitrogens with one attached hydrogen (secondary N) is 2. The van der Waals surface area contributed by atoms with E-state index in [9.17, 15) is 4.79 Å². The Morgan fingerprint density at radius 2 is 1.96 bits per heavy atom. The molecular formula is C16H23N5OS. The van der Waals surface area contributed by atoms with Crippen molar-refractivity contribution in [1.29, 1.82) is 0 Å². The molecule has 6 nitrogen and oxygen atoms in total. The molecule has 1 amide bonds. The van der Waals surface area contributed by atoms with E-state index in [2.05, 4.69) is 53.5 Å². The van der Waals surface area contributed by atoms with Crippen LogP contribution >= 0.6 is 11.3 Å². The molecule has 2 heterocycles. The van der Waals surface area contributed by atoms with E-state index in [1.165, 1.54) is 11.3 Å². The van der Waals surface area contributed by atoms with Crippen LogP contribution in [0.5, 0.6) is 0 Å².